The van der Waals surface area contributed by atoms with Crippen LogP contribution in [0.4, 0.5) is 5.69 Å². The maximum absolute atomic E-state index is 13.1. The van der Waals surface area contributed by atoms with Gasteiger partial charge in [0.2, 0.25) is 0 Å². The predicted octanol–water partition coefficient (Wildman–Crippen LogP) is 4.71. The van der Waals surface area contributed by atoms with E-state index in [1.54, 1.807) is 13.0 Å². The van der Waals surface area contributed by atoms with Crippen LogP contribution >= 0.6 is 0 Å². The molecule has 2 aromatic carbocycles. The van der Waals surface area contributed by atoms with Crippen molar-refractivity contribution < 1.29 is 4.79 Å². The van der Waals surface area contributed by atoms with Crippen molar-refractivity contribution in [3.05, 3.63) is 99.2 Å². The van der Waals surface area contributed by atoms with E-state index < -0.39 is 0 Å². The average molecular weight is 412 g/mol. The van der Waals surface area contributed by atoms with Crippen LogP contribution in [-0.2, 0) is 0 Å². The maximum atomic E-state index is 13.1. The number of rotatable bonds is 4. The van der Waals surface area contributed by atoms with Crippen LogP contribution in [-0.4, -0.2) is 20.4 Å². The number of H-pyrrole nitrogens is 1. The van der Waals surface area contributed by atoms with Gasteiger partial charge < -0.3 is 14.9 Å². The molecule has 0 unspecified atom stereocenters. The topological polar surface area (TPSA) is 79.8 Å². The number of nitrogens with zero attached hydrogens (tertiary/aromatic N) is 2. The summed E-state index contributed by atoms with van der Waals surface area (Å²) in [5.41, 5.74) is 6.46. The number of carbonyl (C=O) groups excluding carboxylic acids is 1. The minimum atomic E-state index is -0.208. The summed E-state index contributed by atoms with van der Waals surface area (Å²) >= 11 is 0. The first kappa shape index (κ1) is 20.3. The van der Waals surface area contributed by atoms with Crippen molar-refractivity contribution in [1.29, 1.82) is 0 Å². The summed E-state index contributed by atoms with van der Waals surface area (Å²) in [5.74, 6) is 0.286. The minimum Gasteiger partial charge on any atom is -0.322 e. The molecule has 4 rings (SSSR count). The third kappa shape index (κ3) is 4.19. The van der Waals surface area contributed by atoms with Crippen molar-refractivity contribution in [1.82, 2.24) is 14.5 Å². The molecule has 2 aromatic heterocycles. The van der Waals surface area contributed by atoms with Gasteiger partial charge in [0, 0.05) is 40.1 Å². The van der Waals surface area contributed by atoms with E-state index in [0.29, 0.717) is 22.8 Å². The summed E-state index contributed by atoms with van der Waals surface area (Å²) in [6.07, 6.45) is 0. The number of hydrogen-bond acceptors (Lipinski definition) is 3. The number of carbonyl (C=O) groups is 1. The fraction of sp³-hybridized carbons (Fsp3) is 0.160. The molecule has 2 N–H and O–H groups in total. The van der Waals surface area contributed by atoms with Gasteiger partial charge in [-0.15, -0.1) is 0 Å². The molecule has 6 heteroatoms. The number of nitrogens with one attached hydrogen (secondary N) is 2. The lowest BCUT2D eigenvalue weighted by Crippen LogP contribution is -2.13. The van der Waals surface area contributed by atoms with Crippen LogP contribution in [0.5, 0.6) is 0 Å². The molecule has 0 bridgehead atoms. The second kappa shape index (κ2) is 8.07. The Bertz CT molecular complexity index is 1350. The molecule has 0 radical (unpaired) electrons. The number of aromatic amines is 1. The van der Waals surface area contributed by atoms with Gasteiger partial charge in [0.25, 0.3) is 11.5 Å². The van der Waals surface area contributed by atoms with Gasteiger partial charge in [-0.2, -0.15) is 0 Å². The molecule has 0 atom stereocenters. The van der Waals surface area contributed by atoms with Crippen molar-refractivity contribution in [2.75, 3.05) is 5.32 Å². The van der Waals surface area contributed by atoms with Gasteiger partial charge in [-0.25, -0.2) is 4.98 Å². The maximum Gasteiger partial charge on any atom is 0.257 e. The lowest BCUT2D eigenvalue weighted by Gasteiger charge is -2.11. The monoisotopic (exact) mass is 412 g/mol. The summed E-state index contributed by atoms with van der Waals surface area (Å²) in [6.45, 7) is 7.76. The van der Waals surface area contributed by atoms with Crippen LogP contribution in [0, 0.1) is 27.7 Å². The Kier molecular flexibility index (Phi) is 5.29. The van der Waals surface area contributed by atoms with Gasteiger partial charge >= 0.3 is 0 Å². The molecule has 1 amide bonds. The molecule has 0 spiro atoms. The van der Waals surface area contributed by atoms with E-state index in [1.165, 1.54) is 6.07 Å². The summed E-state index contributed by atoms with van der Waals surface area (Å²) in [7, 11) is 0. The van der Waals surface area contributed by atoms with Gasteiger partial charge in [-0.3, -0.25) is 9.59 Å². The molecule has 0 saturated carbocycles. The molecule has 0 aliphatic heterocycles. The average Bonchev–Trinajstić information content (AvgIpc) is 3.01. The number of anilines is 1. The van der Waals surface area contributed by atoms with Crippen LogP contribution in [0.1, 0.15) is 33.0 Å². The zero-order valence-corrected chi connectivity index (χ0v) is 18.0. The van der Waals surface area contributed by atoms with Crippen LogP contribution in [0.25, 0.3) is 17.1 Å². The first-order valence-electron chi connectivity index (χ1n) is 10.1. The highest BCUT2D eigenvalue weighted by molar-refractivity contribution is 6.05. The van der Waals surface area contributed by atoms with E-state index in [9.17, 15) is 9.59 Å². The van der Waals surface area contributed by atoms with Gasteiger partial charge in [0.15, 0.2) is 0 Å². The predicted molar refractivity (Wildman–Crippen MR) is 123 cm³/mol. The van der Waals surface area contributed by atoms with Crippen LogP contribution < -0.4 is 10.9 Å². The molecule has 0 aliphatic carbocycles. The fourth-order valence-corrected chi connectivity index (χ4v) is 3.82. The molecule has 156 valence electrons. The Labute approximate surface area is 180 Å². The summed E-state index contributed by atoms with van der Waals surface area (Å²) in [6, 6.07) is 18.8. The molecule has 0 aliphatic rings. The number of aromatic nitrogens is 3. The van der Waals surface area contributed by atoms with E-state index in [0.717, 1.165) is 28.2 Å². The smallest absolute Gasteiger partial charge is 0.257 e. The highest BCUT2D eigenvalue weighted by Gasteiger charge is 2.17. The highest BCUT2D eigenvalue weighted by Crippen LogP contribution is 2.24. The molecule has 2 heterocycles. The zero-order chi connectivity index (χ0) is 22.1. The van der Waals surface area contributed by atoms with Crippen LogP contribution in [0.3, 0.4) is 0 Å². The number of amides is 1. The third-order valence-corrected chi connectivity index (χ3v) is 5.20. The molecule has 31 heavy (non-hydrogen) atoms. The van der Waals surface area contributed by atoms with Crippen molar-refractivity contribution in [3.63, 3.8) is 0 Å². The lowest BCUT2D eigenvalue weighted by molar-refractivity contribution is 0.102. The largest absolute Gasteiger partial charge is 0.322 e. The minimum absolute atomic E-state index is 0.185. The van der Waals surface area contributed by atoms with E-state index in [2.05, 4.69) is 38.9 Å². The molecule has 0 saturated heterocycles. The standard InChI is InChI=1S/C25H24N4O2/c1-15-7-5-10-21(11-15)29-17(3)13-22(18(29)4)25(31)27-20-9-6-8-19(14-20)24-26-16(2)12-23(30)28-24/h5-14H,1-4H3,(H,27,31)(H,26,28,30). The molecule has 6 nitrogen and oxygen atoms in total. The second-order valence-corrected chi connectivity index (χ2v) is 7.73. The first-order valence-corrected chi connectivity index (χ1v) is 10.1. The molecule has 4 aromatic rings. The summed E-state index contributed by atoms with van der Waals surface area (Å²) in [5, 5.41) is 2.97. The van der Waals surface area contributed by atoms with E-state index in [4.69, 9.17) is 0 Å². The SMILES string of the molecule is Cc1cccc(-n2c(C)cc(C(=O)Nc3cccc(-c4nc(C)cc(=O)[nH]4)c3)c2C)c1. The fourth-order valence-electron chi connectivity index (χ4n) is 3.82. The summed E-state index contributed by atoms with van der Waals surface area (Å²) < 4.78 is 2.08. The van der Waals surface area contributed by atoms with Crippen LogP contribution in [0.15, 0.2) is 65.5 Å². The van der Waals surface area contributed by atoms with E-state index in [1.807, 2.05) is 50.2 Å². The quantitative estimate of drug-likeness (QED) is 0.509. The van der Waals surface area contributed by atoms with Gasteiger partial charge in [-0.05, 0) is 63.6 Å². The zero-order valence-electron chi connectivity index (χ0n) is 18.0. The second-order valence-electron chi connectivity index (χ2n) is 7.73. The Morgan fingerprint density at radius 2 is 1.74 bits per heavy atom. The lowest BCUT2D eigenvalue weighted by atomic mass is 10.1. The first-order chi connectivity index (χ1) is 14.8. The Morgan fingerprint density at radius 1 is 0.968 bits per heavy atom. The van der Waals surface area contributed by atoms with Gasteiger partial charge in [0.1, 0.15) is 5.82 Å². The van der Waals surface area contributed by atoms with Crippen molar-refractivity contribution >= 4 is 11.6 Å². The molecular formula is C25H24N4O2. The van der Waals surface area contributed by atoms with Crippen LogP contribution in [0.2, 0.25) is 0 Å². The van der Waals surface area contributed by atoms with E-state index >= 15 is 0 Å². The van der Waals surface area contributed by atoms with Gasteiger partial charge in [-0.1, -0.05) is 24.3 Å². The van der Waals surface area contributed by atoms with Gasteiger partial charge in [0.05, 0.1) is 5.56 Å². The normalized spacial score (nSPS) is 10.8. The number of benzene rings is 2. The Hall–Kier alpha value is -3.93. The highest BCUT2D eigenvalue weighted by atomic mass is 16.1. The Balaban J connectivity index is 1.64. The Morgan fingerprint density at radius 3 is 2.48 bits per heavy atom. The third-order valence-electron chi connectivity index (χ3n) is 5.20. The summed E-state index contributed by atoms with van der Waals surface area (Å²) in [4.78, 5) is 31.9. The van der Waals surface area contributed by atoms with E-state index in [-0.39, 0.29) is 11.5 Å². The van der Waals surface area contributed by atoms with Crippen molar-refractivity contribution in [2.45, 2.75) is 27.7 Å². The number of hydrogen-bond donors (Lipinski definition) is 2. The molecular weight excluding hydrogens is 388 g/mol. The number of aryl methyl sites for hydroxylation is 3. The van der Waals surface area contributed by atoms with Crippen molar-refractivity contribution in [3.8, 4) is 17.1 Å². The van der Waals surface area contributed by atoms with Crippen molar-refractivity contribution in [2.24, 2.45) is 0 Å². The molecule has 0 fully saturated rings.